The molecule has 49 heavy (non-hydrogen) atoms. The van der Waals surface area contributed by atoms with Gasteiger partial charge in [-0.25, -0.2) is 15.0 Å². The number of hydrogen-bond acceptors (Lipinski definition) is 4. The predicted octanol–water partition coefficient (Wildman–Crippen LogP) is 10.6. The maximum Gasteiger partial charge on any atom is 0.182 e. The zero-order chi connectivity index (χ0) is 33.3. The van der Waals surface area contributed by atoms with Gasteiger partial charge in [0.25, 0.3) is 0 Å². The second-order valence-electron chi connectivity index (χ2n) is 14.0. The number of aromatic nitrogens is 5. The van der Waals surface area contributed by atoms with Crippen LogP contribution in [0.1, 0.15) is 38.8 Å². The highest BCUT2D eigenvalue weighted by atomic mass is 15.0. The molecule has 0 atom stereocenters. The molecule has 0 amide bonds. The summed E-state index contributed by atoms with van der Waals surface area (Å²) >= 11 is 0. The van der Waals surface area contributed by atoms with Crippen molar-refractivity contribution in [1.29, 1.82) is 0 Å². The molecule has 0 spiro atoms. The summed E-state index contributed by atoms with van der Waals surface area (Å²) in [5.41, 5.74) is 11.4. The molecule has 0 saturated carbocycles. The van der Waals surface area contributed by atoms with E-state index in [-0.39, 0.29) is 10.8 Å². The molecular formula is C44H35N5. The van der Waals surface area contributed by atoms with Gasteiger partial charge in [0.15, 0.2) is 17.5 Å². The van der Waals surface area contributed by atoms with Crippen LogP contribution in [0.3, 0.4) is 0 Å². The van der Waals surface area contributed by atoms with E-state index in [1.54, 1.807) is 6.20 Å². The van der Waals surface area contributed by atoms with Crippen LogP contribution in [0.2, 0.25) is 0 Å². The average Bonchev–Trinajstić information content (AvgIpc) is 3.49. The van der Waals surface area contributed by atoms with Gasteiger partial charge in [0, 0.05) is 39.2 Å². The molecule has 0 unspecified atom stereocenters. The summed E-state index contributed by atoms with van der Waals surface area (Å²) in [6.45, 7) is 9.63. The first-order valence-electron chi connectivity index (χ1n) is 16.8. The number of benzene rings is 5. The van der Waals surface area contributed by atoms with Crippen molar-refractivity contribution in [2.75, 3.05) is 0 Å². The van der Waals surface area contributed by atoms with E-state index in [2.05, 4.69) is 122 Å². The first-order chi connectivity index (χ1) is 23.8. The fourth-order valence-electron chi connectivity index (χ4n) is 7.71. The van der Waals surface area contributed by atoms with Gasteiger partial charge in [-0.15, -0.1) is 0 Å². The highest BCUT2D eigenvalue weighted by molar-refractivity contribution is 6.13. The molecule has 1 aliphatic rings. The molecule has 0 radical (unpaired) electrons. The van der Waals surface area contributed by atoms with Crippen LogP contribution >= 0.6 is 0 Å². The first-order valence-corrected chi connectivity index (χ1v) is 16.8. The summed E-state index contributed by atoms with van der Waals surface area (Å²) in [6, 6.07) is 46.8. The van der Waals surface area contributed by atoms with Crippen molar-refractivity contribution in [3.63, 3.8) is 0 Å². The quantitative estimate of drug-likeness (QED) is 0.193. The SMILES string of the molecule is CC1(C)c2ccccc2-c2ccc3c(c2C1(C)C)c1ccccc1n3-c1ccc(-c2nc(-c3ccccc3)nc(-c3ccccn3)n2)cc1. The minimum Gasteiger partial charge on any atom is -0.309 e. The summed E-state index contributed by atoms with van der Waals surface area (Å²) in [5, 5.41) is 2.60. The molecule has 0 N–H and O–H groups in total. The van der Waals surface area contributed by atoms with Gasteiger partial charge in [-0.1, -0.05) is 113 Å². The van der Waals surface area contributed by atoms with E-state index in [0.717, 1.165) is 16.8 Å². The molecule has 5 aromatic carbocycles. The summed E-state index contributed by atoms with van der Waals surface area (Å²) in [4.78, 5) is 19.2. The zero-order valence-electron chi connectivity index (χ0n) is 28.0. The molecule has 5 nitrogen and oxygen atoms in total. The summed E-state index contributed by atoms with van der Waals surface area (Å²) in [7, 11) is 0. The van der Waals surface area contributed by atoms with E-state index in [0.29, 0.717) is 23.2 Å². The lowest BCUT2D eigenvalue weighted by Crippen LogP contribution is -2.43. The average molecular weight is 634 g/mol. The standard InChI is InChI=1S/C44H35N5/c1-43(2)34-18-10-8-16-31(34)32-25-26-37-38(39(32)44(43,3)4)33-17-9-11-20-36(33)49(37)30-23-21-29(22-24-30)41-46-40(28-14-6-5-7-15-28)47-42(48-41)35-19-12-13-27-45-35/h5-27H,1-4H3. The smallest absolute Gasteiger partial charge is 0.182 e. The van der Waals surface area contributed by atoms with Gasteiger partial charge in [0.1, 0.15) is 5.69 Å². The lowest BCUT2D eigenvalue weighted by atomic mass is 9.55. The van der Waals surface area contributed by atoms with Gasteiger partial charge in [-0.2, -0.15) is 0 Å². The Balaban J connectivity index is 1.23. The van der Waals surface area contributed by atoms with Gasteiger partial charge in [0.2, 0.25) is 0 Å². The fourth-order valence-corrected chi connectivity index (χ4v) is 7.71. The first kappa shape index (κ1) is 29.2. The third-order valence-corrected chi connectivity index (χ3v) is 10.9. The number of fused-ring (bicyclic) bond motifs is 7. The Morgan fingerprint density at radius 3 is 1.90 bits per heavy atom. The topological polar surface area (TPSA) is 56.5 Å². The largest absolute Gasteiger partial charge is 0.309 e. The monoisotopic (exact) mass is 633 g/mol. The van der Waals surface area contributed by atoms with Crippen LogP contribution in [0.4, 0.5) is 0 Å². The van der Waals surface area contributed by atoms with E-state index in [1.807, 2.05) is 48.5 Å². The Kier molecular flexibility index (Phi) is 6.44. The number of nitrogens with zero attached hydrogens (tertiary/aromatic N) is 5. The van der Waals surface area contributed by atoms with Crippen molar-refractivity contribution in [2.24, 2.45) is 0 Å². The molecular weight excluding hydrogens is 599 g/mol. The van der Waals surface area contributed by atoms with Gasteiger partial charge in [-0.3, -0.25) is 4.98 Å². The molecule has 9 rings (SSSR count). The number of pyridine rings is 1. The van der Waals surface area contributed by atoms with Crippen LogP contribution in [0.15, 0.2) is 140 Å². The predicted molar refractivity (Wildman–Crippen MR) is 200 cm³/mol. The van der Waals surface area contributed by atoms with Crippen molar-refractivity contribution in [3.05, 3.63) is 151 Å². The second-order valence-corrected chi connectivity index (χ2v) is 14.0. The third kappa shape index (κ3) is 4.39. The highest BCUT2D eigenvalue weighted by Crippen LogP contribution is 2.56. The van der Waals surface area contributed by atoms with Gasteiger partial charge in [-0.05, 0) is 76.2 Å². The summed E-state index contributed by atoms with van der Waals surface area (Å²) < 4.78 is 2.40. The van der Waals surface area contributed by atoms with E-state index in [4.69, 9.17) is 15.0 Å². The van der Waals surface area contributed by atoms with Crippen molar-refractivity contribution >= 4 is 21.8 Å². The molecule has 0 saturated heterocycles. The molecule has 3 heterocycles. The highest BCUT2D eigenvalue weighted by Gasteiger charge is 2.47. The summed E-state index contributed by atoms with van der Waals surface area (Å²) in [5.74, 6) is 1.78. The van der Waals surface area contributed by atoms with Crippen molar-refractivity contribution < 1.29 is 0 Å². The Labute approximate surface area is 286 Å². The van der Waals surface area contributed by atoms with E-state index < -0.39 is 0 Å². The van der Waals surface area contributed by atoms with Gasteiger partial charge in [0.05, 0.1) is 11.0 Å². The maximum absolute atomic E-state index is 4.93. The van der Waals surface area contributed by atoms with Crippen LogP contribution in [-0.4, -0.2) is 24.5 Å². The minimum absolute atomic E-state index is 0.0625. The van der Waals surface area contributed by atoms with E-state index in [9.17, 15) is 0 Å². The molecule has 5 heteroatoms. The zero-order valence-corrected chi connectivity index (χ0v) is 28.0. The van der Waals surface area contributed by atoms with E-state index in [1.165, 1.54) is 44.1 Å². The Bertz CT molecular complexity index is 2470. The minimum atomic E-state index is -0.116. The lowest BCUT2D eigenvalue weighted by molar-refractivity contribution is 0.301. The molecule has 3 aromatic heterocycles. The van der Waals surface area contributed by atoms with Gasteiger partial charge >= 0.3 is 0 Å². The maximum atomic E-state index is 4.93. The lowest BCUT2D eigenvalue weighted by Gasteiger charge is -2.48. The number of hydrogen-bond donors (Lipinski definition) is 0. The van der Waals surface area contributed by atoms with Crippen LogP contribution in [0.5, 0.6) is 0 Å². The van der Waals surface area contributed by atoms with Crippen LogP contribution in [0, 0.1) is 0 Å². The molecule has 0 fully saturated rings. The van der Waals surface area contributed by atoms with Crippen LogP contribution < -0.4 is 0 Å². The van der Waals surface area contributed by atoms with Gasteiger partial charge < -0.3 is 4.57 Å². The third-order valence-electron chi connectivity index (χ3n) is 10.9. The number of rotatable bonds is 4. The normalized spacial score (nSPS) is 14.4. The molecule has 0 aliphatic heterocycles. The Morgan fingerprint density at radius 2 is 1.14 bits per heavy atom. The van der Waals surface area contributed by atoms with Crippen LogP contribution in [0.25, 0.3) is 72.9 Å². The molecule has 236 valence electrons. The summed E-state index contributed by atoms with van der Waals surface area (Å²) in [6.07, 6.45) is 1.76. The van der Waals surface area contributed by atoms with E-state index >= 15 is 0 Å². The molecule has 0 bridgehead atoms. The fraction of sp³-hybridized carbons (Fsp3) is 0.136. The van der Waals surface area contributed by atoms with Crippen molar-refractivity contribution in [2.45, 2.75) is 38.5 Å². The van der Waals surface area contributed by atoms with Crippen molar-refractivity contribution in [3.8, 4) is 51.1 Å². The second kappa shape index (κ2) is 10.8. The Morgan fingerprint density at radius 1 is 0.490 bits per heavy atom. The molecule has 8 aromatic rings. The molecule has 1 aliphatic carbocycles. The van der Waals surface area contributed by atoms with Crippen LogP contribution in [-0.2, 0) is 10.8 Å². The van der Waals surface area contributed by atoms with Crippen molar-refractivity contribution in [1.82, 2.24) is 24.5 Å². The Hall–Kier alpha value is -5.94. The number of para-hydroxylation sites is 1.